The van der Waals surface area contributed by atoms with Crippen LogP contribution in [-0.4, -0.2) is 28.2 Å². The predicted octanol–water partition coefficient (Wildman–Crippen LogP) is 1.01. The number of aromatic nitrogens is 2. The highest BCUT2D eigenvalue weighted by molar-refractivity contribution is 5.76. The second kappa shape index (κ2) is 5.65. The lowest BCUT2D eigenvalue weighted by molar-refractivity contribution is -0.122. The molecule has 1 amide bonds. The number of nitrogens with one attached hydrogen (secondary N) is 2. The summed E-state index contributed by atoms with van der Waals surface area (Å²) < 4.78 is 0. The molecule has 5 heteroatoms. The molecule has 2 saturated heterocycles. The molecule has 3 heterocycles. The largest absolute Gasteiger partial charge is 0.350 e. The molecular weight excluding hydrogens is 240 g/mol. The van der Waals surface area contributed by atoms with Gasteiger partial charge in [-0.2, -0.15) is 10.2 Å². The fourth-order valence-electron chi connectivity index (χ4n) is 3.29. The predicted molar refractivity (Wildman–Crippen MR) is 71.2 cm³/mol. The molecule has 2 N–H and O–H groups in total. The molecule has 2 atom stereocenters. The van der Waals surface area contributed by atoms with Crippen LogP contribution < -0.4 is 10.6 Å². The highest BCUT2D eigenvalue weighted by atomic mass is 16.1. The molecule has 2 aliphatic rings. The van der Waals surface area contributed by atoms with Gasteiger partial charge in [-0.15, -0.1) is 0 Å². The number of hydrogen-bond donors (Lipinski definition) is 2. The Morgan fingerprint density at radius 2 is 2.16 bits per heavy atom. The van der Waals surface area contributed by atoms with E-state index in [1.54, 1.807) is 6.20 Å². The normalized spacial score (nSPS) is 29.2. The van der Waals surface area contributed by atoms with Crippen molar-refractivity contribution in [2.24, 2.45) is 5.92 Å². The number of carbonyl (C=O) groups excluding carboxylic acids is 1. The van der Waals surface area contributed by atoms with Crippen molar-refractivity contribution >= 4 is 5.91 Å². The molecular formula is C14H20N4O. The number of nitrogens with zero attached hydrogens (tertiary/aromatic N) is 2. The Morgan fingerprint density at radius 3 is 2.84 bits per heavy atom. The first-order valence-corrected chi connectivity index (χ1v) is 7.09. The van der Waals surface area contributed by atoms with E-state index in [1.165, 1.54) is 12.8 Å². The Bertz CT molecular complexity index is 424. The fourth-order valence-corrected chi connectivity index (χ4v) is 3.29. The molecule has 2 aliphatic heterocycles. The number of rotatable bonds is 4. The first kappa shape index (κ1) is 12.5. The summed E-state index contributed by atoms with van der Waals surface area (Å²) in [5.74, 6) is 0.678. The van der Waals surface area contributed by atoms with Crippen molar-refractivity contribution in [1.29, 1.82) is 0 Å². The highest BCUT2D eigenvalue weighted by Gasteiger charge is 2.34. The zero-order valence-electron chi connectivity index (χ0n) is 11.0. The van der Waals surface area contributed by atoms with Gasteiger partial charge in [0.2, 0.25) is 5.91 Å². The third-order valence-electron chi connectivity index (χ3n) is 4.14. The van der Waals surface area contributed by atoms with Gasteiger partial charge in [-0.3, -0.25) is 4.79 Å². The smallest absolute Gasteiger partial charge is 0.220 e. The van der Waals surface area contributed by atoms with Crippen LogP contribution in [0.3, 0.4) is 0 Å². The van der Waals surface area contributed by atoms with Gasteiger partial charge in [0.05, 0.1) is 12.2 Å². The van der Waals surface area contributed by atoms with Crippen LogP contribution in [-0.2, 0) is 11.3 Å². The average Bonchev–Trinajstić information content (AvgIpc) is 2.77. The van der Waals surface area contributed by atoms with Gasteiger partial charge in [0, 0.05) is 24.7 Å². The fraction of sp³-hybridized carbons (Fsp3) is 0.643. The van der Waals surface area contributed by atoms with Crippen LogP contribution in [0, 0.1) is 5.92 Å². The minimum atomic E-state index is 0.136. The number of carbonyl (C=O) groups is 1. The second-order valence-electron chi connectivity index (χ2n) is 5.67. The van der Waals surface area contributed by atoms with E-state index in [4.69, 9.17) is 0 Å². The van der Waals surface area contributed by atoms with E-state index >= 15 is 0 Å². The van der Waals surface area contributed by atoms with Crippen LogP contribution in [0.5, 0.6) is 0 Å². The van der Waals surface area contributed by atoms with Crippen LogP contribution in [0.4, 0.5) is 0 Å². The molecule has 0 radical (unpaired) electrons. The molecule has 0 saturated carbocycles. The summed E-state index contributed by atoms with van der Waals surface area (Å²) in [6.07, 6.45) is 7.14. The molecule has 3 rings (SSSR count). The van der Waals surface area contributed by atoms with Crippen LogP contribution in [0.25, 0.3) is 0 Å². The summed E-state index contributed by atoms with van der Waals surface area (Å²) in [7, 11) is 0. The Kier molecular flexibility index (Phi) is 3.73. The minimum Gasteiger partial charge on any atom is -0.350 e. The zero-order chi connectivity index (χ0) is 13.1. The number of amides is 1. The van der Waals surface area contributed by atoms with Crippen LogP contribution in [0.2, 0.25) is 0 Å². The first-order valence-electron chi connectivity index (χ1n) is 7.09. The number of fused-ring (bicyclic) bond motifs is 2. The molecule has 0 aromatic carbocycles. The molecule has 2 unspecified atom stereocenters. The molecule has 1 aromatic heterocycles. The molecule has 102 valence electrons. The van der Waals surface area contributed by atoms with Gasteiger partial charge < -0.3 is 10.6 Å². The SMILES string of the molecule is O=C(CC1CC2CCC(C1)N2)NCc1cccnn1. The maximum atomic E-state index is 11.9. The van der Waals surface area contributed by atoms with Gasteiger partial charge in [0.1, 0.15) is 0 Å². The van der Waals surface area contributed by atoms with E-state index in [2.05, 4.69) is 20.8 Å². The van der Waals surface area contributed by atoms with E-state index in [1.807, 2.05) is 12.1 Å². The highest BCUT2D eigenvalue weighted by Crippen LogP contribution is 2.32. The Morgan fingerprint density at radius 1 is 1.37 bits per heavy atom. The lowest BCUT2D eigenvalue weighted by Crippen LogP contribution is -2.39. The third kappa shape index (κ3) is 3.29. The molecule has 0 spiro atoms. The van der Waals surface area contributed by atoms with E-state index in [0.29, 0.717) is 31.0 Å². The van der Waals surface area contributed by atoms with Crippen molar-refractivity contribution in [1.82, 2.24) is 20.8 Å². The number of hydrogen-bond acceptors (Lipinski definition) is 4. The van der Waals surface area contributed by atoms with Gasteiger partial charge in [-0.25, -0.2) is 0 Å². The maximum absolute atomic E-state index is 11.9. The zero-order valence-corrected chi connectivity index (χ0v) is 11.0. The summed E-state index contributed by atoms with van der Waals surface area (Å²) in [5, 5.41) is 14.3. The van der Waals surface area contributed by atoms with Crippen molar-refractivity contribution in [2.75, 3.05) is 0 Å². The maximum Gasteiger partial charge on any atom is 0.220 e. The summed E-state index contributed by atoms with van der Waals surface area (Å²) in [6.45, 7) is 0.477. The average molecular weight is 260 g/mol. The van der Waals surface area contributed by atoms with Gasteiger partial charge in [0.25, 0.3) is 0 Å². The van der Waals surface area contributed by atoms with Crippen molar-refractivity contribution < 1.29 is 4.79 Å². The molecule has 19 heavy (non-hydrogen) atoms. The van der Waals surface area contributed by atoms with Gasteiger partial charge >= 0.3 is 0 Å². The Hall–Kier alpha value is -1.49. The summed E-state index contributed by atoms with van der Waals surface area (Å²) in [4.78, 5) is 11.9. The monoisotopic (exact) mass is 260 g/mol. The third-order valence-corrected chi connectivity index (χ3v) is 4.14. The first-order chi connectivity index (χ1) is 9.29. The summed E-state index contributed by atoms with van der Waals surface area (Å²) in [6, 6.07) is 5.00. The van der Waals surface area contributed by atoms with E-state index in [-0.39, 0.29) is 5.91 Å². The molecule has 2 bridgehead atoms. The molecule has 1 aromatic rings. The van der Waals surface area contributed by atoms with E-state index in [9.17, 15) is 4.79 Å². The van der Waals surface area contributed by atoms with Crippen LogP contribution in [0.15, 0.2) is 18.3 Å². The van der Waals surface area contributed by atoms with Gasteiger partial charge in [0.15, 0.2) is 0 Å². The van der Waals surface area contributed by atoms with E-state index < -0.39 is 0 Å². The van der Waals surface area contributed by atoms with Crippen molar-refractivity contribution in [3.05, 3.63) is 24.0 Å². The van der Waals surface area contributed by atoms with Crippen molar-refractivity contribution in [3.63, 3.8) is 0 Å². The van der Waals surface area contributed by atoms with Crippen molar-refractivity contribution in [3.8, 4) is 0 Å². The van der Waals surface area contributed by atoms with Crippen molar-refractivity contribution in [2.45, 2.75) is 50.7 Å². The Labute approximate surface area is 113 Å². The number of piperidine rings is 1. The second-order valence-corrected chi connectivity index (χ2v) is 5.67. The molecule has 5 nitrogen and oxygen atoms in total. The molecule has 0 aliphatic carbocycles. The topological polar surface area (TPSA) is 66.9 Å². The molecule has 2 fully saturated rings. The quantitative estimate of drug-likeness (QED) is 0.848. The minimum absolute atomic E-state index is 0.136. The lowest BCUT2D eigenvalue weighted by Gasteiger charge is -2.28. The Balaban J connectivity index is 1.44. The van der Waals surface area contributed by atoms with Gasteiger partial charge in [-0.1, -0.05) is 0 Å². The standard InChI is InChI=1S/C14H20N4O/c19-14(15-9-13-2-1-5-16-18-13)8-10-6-11-3-4-12(7-10)17-11/h1-2,5,10-12,17H,3-4,6-9H2,(H,15,19). The lowest BCUT2D eigenvalue weighted by atomic mass is 9.89. The van der Waals surface area contributed by atoms with Gasteiger partial charge in [-0.05, 0) is 43.7 Å². The summed E-state index contributed by atoms with van der Waals surface area (Å²) in [5.41, 5.74) is 0.807. The van der Waals surface area contributed by atoms with Crippen LogP contribution >= 0.6 is 0 Å². The summed E-state index contributed by atoms with van der Waals surface area (Å²) >= 11 is 0. The van der Waals surface area contributed by atoms with Crippen LogP contribution in [0.1, 0.15) is 37.8 Å². The van der Waals surface area contributed by atoms with E-state index in [0.717, 1.165) is 18.5 Å².